The van der Waals surface area contributed by atoms with E-state index in [4.69, 9.17) is 0 Å². The lowest BCUT2D eigenvalue weighted by molar-refractivity contribution is 0.103. The Balaban J connectivity index is 1.66. The number of para-hydroxylation sites is 2. The molecule has 38 heavy (non-hydrogen) atoms. The highest BCUT2D eigenvalue weighted by atomic mass is 32.2. The molecule has 1 aliphatic rings. The molecule has 0 atom stereocenters. The van der Waals surface area contributed by atoms with E-state index in [1.165, 1.54) is 23.5 Å². The van der Waals surface area contributed by atoms with Crippen molar-refractivity contribution in [3.8, 4) is 0 Å². The van der Waals surface area contributed by atoms with Crippen molar-refractivity contribution in [3.05, 3.63) is 114 Å². The monoisotopic (exact) mass is 540 g/mol. The number of aliphatic hydroxyl groups is 2. The number of ketones is 1. The van der Waals surface area contributed by atoms with Crippen LogP contribution in [0.25, 0.3) is 5.57 Å². The summed E-state index contributed by atoms with van der Waals surface area (Å²) in [6.07, 6.45) is 0. The molecule has 4 N–H and O–H groups in total. The van der Waals surface area contributed by atoms with Crippen LogP contribution in [-0.4, -0.2) is 40.7 Å². The molecule has 5 nitrogen and oxygen atoms in total. The Bertz CT molecular complexity index is 1360. The van der Waals surface area contributed by atoms with Gasteiger partial charge < -0.3 is 20.8 Å². The molecule has 7 heteroatoms. The summed E-state index contributed by atoms with van der Waals surface area (Å²) in [5.41, 5.74) is 6.75. The van der Waals surface area contributed by atoms with Crippen LogP contribution in [0, 0.1) is 0 Å². The van der Waals surface area contributed by atoms with E-state index in [2.05, 4.69) is 17.2 Å². The van der Waals surface area contributed by atoms with Crippen LogP contribution in [0.5, 0.6) is 0 Å². The van der Waals surface area contributed by atoms with E-state index in [0.29, 0.717) is 28.3 Å². The van der Waals surface area contributed by atoms with Gasteiger partial charge in [-0.2, -0.15) is 0 Å². The first kappa shape index (κ1) is 26.1. The van der Waals surface area contributed by atoms with E-state index in [9.17, 15) is 15.0 Å². The number of hydrogen-bond acceptors (Lipinski definition) is 7. The fraction of sp³-hybridized carbons (Fsp3) is 0.129. The van der Waals surface area contributed by atoms with Gasteiger partial charge in [0.25, 0.3) is 0 Å². The van der Waals surface area contributed by atoms with Crippen molar-refractivity contribution in [1.82, 2.24) is 0 Å². The van der Waals surface area contributed by atoms with Crippen molar-refractivity contribution in [1.29, 1.82) is 0 Å². The summed E-state index contributed by atoms with van der Waals surface area (Å²) in [7, 11) is 0. The van der Waals surface area contributed by atoms with Crippen LogP contribution in [0.4, 0.5) is 22.7 Å². The summed E-state index contributed by atoms with van der Waals surface area (Å²) < 4.78 is 0. The van der Waals surface area contributed by atoms with Crippen molar-refractivity contribution >= 4 is 57.6 Å². The first-order chi connectivity index (χ1) is 18.6. The van der Waals surface area contributed by atoms with Crippen LogP contribution in [-0.2, 0) is 0 Å². The molecule has 192 valence electrons. The largest absolute Gasteiger partial charge is 0.396 e. The average molecular weight is 541 g/mol. The normalized spacial score (nSPS) is 12.2. The molecule has 0 unspecified atom stereocenters. The summed E-state index contributed by atoms with van der Waals surface area (Å²) in [4.78, 5) is 16.0. The minimum absolute atomic E-state index is 0.0477. The van der Waals surface area contributed by atoms with Gasteiger partial charge in [0.2, 0.25) is 0 Å². The van der Waals surface area contributed by atoms with Gasteiger partial charge in [0.15, 0.2) is 5.78 Å². The second kappa shape index (κ2) is 11.9. The number of rotatable bonds is 10. The lowest BCUT2D eigenvalue weighted by Crippen LogP contribution is -2.18. The van der Waals surface area contributed by atoms with Gasteiger partial charge in [0.05, 0.1) is 24.5 Å². The Morgan fingerprint density at radius 2 is 1.13 bits per heavy atom. The van der Waals surface area contributed by atoms with Crippen LogP contribution in [0.15, 0.2) is 101 Å². The van der Waals surface area contributed by atoms with E-state index in [1.54, 1.807) is 0 Å². The highest BCUT2D eigenvalue weighted by Crippen LogP contribution is 2.46. The zero-order valence-corrected chi connectivity index (χ0v) is 22.4. The molecule has 0 saturated carbocycles. The van der Waals surface area contributed by atoms with Crippen molar-refractivity contribution < 1.29 is 15.0 Å². The summed E-state index contributed by atoms with van der Waals surface area (Å²) in [6.45, 7) is 4.58. The number of anilines is 4. The summed E-state index contributed by atoms with van der Waals surface area (Å²) in [5, 5.41) is 25.8. The Morgan fingerprint density at radius 3 is 1.63 bits per heavy atom. The van der Waals surface area contributed by atoms with Crippen LogP contribution in [0.2, 0.25) is 0 Å². The minimum Gasteiger partial charge on any atom is -0.396 e. The number of aliphatic hydroxyl groups excluding tert-OH is 2. The Morgan fingerprint density at radius 1 is 0.658 bits per heavy atom. The van der Waals surface area contributed by atoms with Gasteiger partial charge in [0, 0.05) is 49.5 Å². The summed E-state index contributed by atoms with van der Waals surface area (Å²) in [6, 6.07) is 27.5. The summed E-state index contributed by atoms with van der Waals surface area (Å²) >= 11 is 3.04. The molecule has 4 aromatic carbocycles. The number of benzene rings is 4. The fourth-order valence-corrected chi connectivity index (χ4v) is 5.99. The Labute approximate surface area is 231 Å². The quantitative estimate of drug-likeness (QED) is 0.143. The maximum atomic E-state index is 14.2. The van der Waals surface area contributed by atoms with Crippen molar-refractivity contribution in [2.24, 2.45) is 0 Å². The molecule has 0 amide bonds. The van der Waals surface area contributed by atoms with Crippen molar-refractivity contribution in [3.63, 3.8) is 0 Å². The average Bonchev–Trinajstić information content (AvgIpc) is 2.94. The predicted molar refractivity (Wildman–Crippen MR) is 160 cm³/mol. The number of carbonyl (C=O) groups is 1. The number of thioether (sulfide) groups is 2. The Kier molecular flexibility index (Phi) is 8.20. The van der Waals surface area contributed by atoms with Crippen LogP contribution in [0.1, 0.15) is 27.0 Å². The second-order valence-electron chi connectivity index (χ2n) is 8.72. The predicted octanol–water partition coefficient (Wildman–Crippen LogP) is 6.95. The molecule has 5 rings (SSSR count). The van der Waals surface area contributed by atoms with Gasteiger partial charge in [-0.15, -0.1) is 23.5 Å². The van der Waals surface area contributed by atoms with Gasteiger partial charge in [-0.25, -0.2) is 0 Å². The highest BCUT2D eigenvalue weighted by molar-refractivity contribution is 7.99. The molecule has 0 bridgehead atoms. The van der Waals surface area contributed by atoms with E-state index in [0.717, 1.165) is 43.6 Å². The van der Waals surface area contributed by atoms with E-state index < -0.39 is 0 Å². The maximum Gasteiger partial charge on any atom is 0.196 e. The molecule has 0 aliphatic heterocycles. The van der Waals surface area contributed by atoms with Crippen molar-refractivity contribution in [2.75, 3.05) is 35.4 Å². The summed E-state index contributed by atoms with van der Waals surface area (Å²) in [5.74, 6) is 0.996. The van der Waals surface area contributed by atoms with Gasteiger partial charge >= 0.3 is 0 Å². The Hall–Kier alpha value is -3.49. The van der Waals surface area contributed by atoms with E-state index in [-0.39, 0.29) is 19.0 Å². The molecule has 0 radical (unpaired) electrons. The third-order valence-electron chi connectivity index (χ3n) is 6.15. The van der Waals surface area contributed by atoms with Gasteiger partial charge in [-0.1, -0.05) is 43.0 Å². The number of fused-ring (bicyclic) bond motifs is 2. The third kappa shape index (κ3) is 5.51. The minimum atomic E-state index is -0.0814. The number of carbonyl (C=O) groups excluding carboxylic acids is 1. The topological polar surface area (TPSA) is 81.6 Å². The zero-order chi connectivity index (χ0) is 26.5. The molecule has 0 saturated heterocycles. The molecule has 0 spiro atoms. The first-order valence-corrected chi connectivity index (χ1v) is 14.3. The molecule has 4 aromatic rings. The lowest BCUT2D eigenvalue weighted by atomic mass is 9.80. The van der Waals surface area contributed by atoms with Gasteiger partial charge in [-0.3, -0.25) is 4.79 Å². The van der Waals surface area contributed by atoms with Crippen molar-refractivity contribution in [2.45, 2.75) is 9.79 Å². The molecule has 0 fully saturated rings. The lowest BCUT2D eigenvalue weighted by Gasteiger charge is -2.27. The van der Waals surface area contributed by atoms with Gasteiger partial charge in [0.1, 0.15) is 0 Å². The third-order valence-corrected chi connectivity index (χ3v) is 8.06. The van der Waals surface area contributed by atoms with Crippen LogP contribution in [0.3, 0.4) is 0 Å². The van der Waals surface area contributed by atoms with E-state index >= 15 is 0 Å². The SMILES string of the molecule is C=C1c2cc(SCCO)cc(Nc3ccccc3)c2C(=O)c2cc(SCCO)cc(Nc3ccccc3)c21. The van der Waals surface area contributed by atoms with E-state index in [1.807, 2.05) is 84.9 Å². The van der Waals surface area contributed by atoms with Crippen LogP contribution >= 0.6 is 23.5 Å². The fourth-order valence-electron chi connectivity index (χ4n) is 4.53. The zero-order valence-electron chi connectivity index (χ0n) is 20.7. The maximum absolute atomic E-state index is 14.2. The molecule has 0 heterocycles. The second-order valence-corrected chi connectivity index (χ2v) is 11.1. The first-order valence-electron chi connectivity index (χ1n) is 12.3. The number of hydrogen-bond donors (Lipinski definition) is 4. The highest BCUT2D eigenvalue weighted by Gasteiger charge is 2.32. The molecular weight excluding hydrogens is 512 g/mol. The molecule has 1 aliphatic carbocycles. The van der Waals surface area contributed by atoms with Gasteiger partial charge in [-0.05, 0) is 59.7 Å². The molecular formula is C31H28N2O3S2. The van der Waals surface area contributed by atoms with Crippen LogP contribution < -0.4 is 10.6 Å². The number of nitrogens with one attached hydrogen (secondary N) is 2. The smallest absolute Gasteiger partial charge is 0.196 e. The standard InChI is InChI=1S/C31H28N2O3S2/c1-20-25-16-23(37-14-12-34)19-28(33-22-10-6-3-7-11-22)30(25)31(36)26-17-24(38-15-13-35)18-27(29(20)26)32-21-8-4-2-5-9-21/h2-11,16-19,32-35H,1,12-15H2. The molecule has 0 aromatic heterocycles.